The van der Waals surface area contributed by atoms with E-state index in [0.717, 1.165) is 24.8 Å². The maximum Gasteiger partial charge on any atom is 0.330 e. The summed E-state index contributed by atoms with van der Waals surface area (Å²) in [6.45, 7) is 6.19. The van der Waals surface area contributed by atoms with E-state index in [4.69, 9.17) is 16.3 Å². The SMILES string of the molecule is CCCC/C=C/C(Cl)=NC1(Br)C(=O)N2[C@@H](C(=O)OCc3ccccc3)C(C)(C)S[C@@H]21. The minimum absolute atomic E-state index is 0.176. The van der Waals surface area contributed by atoms with Crippen molar-refractivity contribution in [3.05, 3.63) is 48.0 Å². The molecule has 0 N–H and O–H groups in total. The molecule has 5 nitrogen and oxygen atoms in total. The summed E-state index contributed by atoms with van der Waals surface area (Å²) in [4.78, 5) is 31.9. The zero-order valence-corrected chi connectivity index (χ0v) is 20.5. The predicted molar refractivity (Wildman–Crippen MR) is 126 cm³/mol. The first-order valence-corrected chi connectivity index (χ1v) is 12.1. The van der Waals surface area contributed by atoms with Gasteiger partial charge in [-0.3, -0.25) is 4.79 Å². The van der Waals surface area contributed by atoms with Gasteiger partial charge in [-0.25, -0.2) is 9.79 Å². The lowest BCUT2D eigenvalue weighted by Gasteiger charge is -2.47. The second-order valence-corrected chi connectivity index (χ2v) is 11.3. The van der Waals surface area contributed by atoms with E-state index < -0.39 is 21.2 Å². The molecule has 30 heavy (non-hydrogen) atoms. The molecule has 2 fully saturated rings. The van der Waals surface area contributed by atoms with Gasteiger partial charge >= 0.3 is 5.97 Å². The largest absolute Gasteiger partial charge is 0.459 e. The molecule has 1 unspecified atom stereocenters. The van der Waals surface area contributed by atoms with Gasteiger partial charge in [-0.1, -0.05) is 67.8 Å². The number of carbonyl (C=O) groups is 2. The number of hydrogen-bond donors (Lipinski definition) is 0. The molecule has 2 aliphatic rings. The number of carbonyl (C=O) groups excluding carboxylic acids is 2. The maximum absolute atomic E-state index is 13.0. The molecule has 1 aromatic rings. The van der Waals surface area contributed by atoms with Crippen molar-refractivity contribution >= 4 is 56.3 Å². The standard InChI is InChI=1S/C22H26BrClN2O3S/c1-4-5-6-10-13-16(24)25-22(23)19(28)26-17(21(2,3)30-20(22)26)18(27)29-14-15-11-8-7-9-12-15/h7-13,17,20H,4-6,14H2,1-3H3/b13-10+,25-16?/t17-,20+,22?/m0/s1. The number of hydrogen-bond acceptors (Lipinski definition) is 5. The zero-order chi connectivity index (χ0) is 21.9. The Kier molecular flexibility index (Phi) is 7.36. The first kappa shape index (κ1) is 23.4. The number of alkyl halides is 1. The van der Waals surface area contributed by atoms with Crippen LogP contribution >= 0.6 is 39.3 Å². The van der Waals surface area contributed by atoms with Crippen LogP contribution in [-0.2, 0) is 20.9 Å². The van der Waals surface area contributed by atoms with Gasteiger partial charge < -0.3 is 9.64 Å². The van der Waals surface area contributed by atoms with E-state index in [1.165, 1.54) is 11.8 Å². The molecule has 3 rings (SSSR count). The van der Waals surface area contributed by atoms with E-state index in [0.29, 0.717) is 0 Å². The topological polar surface area (TPSA) is 59.0 Å². The Morgan fingerprint density at radius 2 is 2.07 bits per heavy atom. The van der Waals surface area contributed by atoms with Gasteiger partial charge in [-0.15, -0.1) is 11.8 Å². The molecule has 0 spiro atoms. The third-order valence-corrected chi connectivity index (χ3v) is 8.25. The molecule has 2 aliphatic heterocycles. The lowest BCUT2D eigenvalue weighted by Crippen LogP contribution is -2.70. The van der Waals surface area contributed by atoms with Crippen LogP contribution in [0.4, 0.5) is 0 Å². The number of rotatable bonds is 8. The number of unbranched alkanes of at least 4 members (excludes halogenated alkanes) is 2. The summed E-state index contributed by atoms with van der Waals surface area (Å²) in [5, 5.41) is -0.0587. The van der Waals surface area contributed by atoms with Gasteiger partial charge in [0.05, 0.1) is 0 Å². The van der Waals surface area contributed by atoms with Gasteiger partial charge in [0.2, 0.25) is 4.45 Å². The molecule has 8 heteroatoms. The molecule has 1 aromatic carbocycles. The molecule has 2 heterocycles. The third-order valence-electron chi connectivity index (χ3n) is 5.16. The fourth-order valence-electron chi connectivity index (χ4n) is 3.59. The van der Waals surface area contributed by atoms with E-state index in [1.54, 1.807) is 11.0 Å². The van der Waals surface area contributed by atoms with Crippen molar-refractivity contribution in [2.24, 2.45) is 4.99 Å². The number of benzene rings is 1. The number of thioether (sulfide) groups is 1. The Balaban J connectivity index is 1.71. The molecule has 0 aromatic heterocycles. The second-order valence-electron chi connectivity index (χ2n) is 7.93. The Bertz CT molecular complexity index is 861. The highest BCUT2D eigenvalue weighted by atomic mass is 79.9. The highest BCUT2D eigenvalue weighted by Gasteiger charge is 2.71. The van der Waals surface area contributed by atoms with Crippen LogP contribution in [0.3, 0.4) is 0 Å². The number of aliphatic imine (C=N–C) groups is 1. The van der Waals surface area contributed by atoms with Crippen LogP contribution in [0, 0.1) is 0 Å². The number of allylic oxidation sites excluding steroid dienone is 2. The normalized spacial score (nSPS) is 27.8. The first-order chi connectivity index (χ1) is 14.2. The molecule has 1 amide bonds. The van der Waals surface area contributed by atoms with Gasteiger partial charge in [0.25, 0.3) is 5.91 Å². The number of amides is 1. The van der Waals surface area contributed by atoms with Crippen LogP contribution < -0.4 is 0 Å². The number of nitrogens with zero attached hydrogens (tertiary/aromatic N) is 2. The van der Waals surface area contributed by atoms with Gasteiger partial charge in [0.1, 0.15) is 23.2 Å². The molecule has 0 bridgehead atoms. The molecule has 162 valence electrons. The fraction of sp³-hybridized carbons (Fsp3) is 0.500. The molecule has 0 saturated carbocycles. The summed E-state index contributed by atoms with van der Waals surface area (Å²) in [5.74, 6) is -0.677. The molecule has 2 saturated heterocycles. The van der Waals surface area contributed by atoms with Crippen LogP contribution in [0.2, 0.25) is 0 Å². The monoisotopic (exact) mass is 512 g/mol. The van der Waals surface area contributed by atoms with Crippen LogP contribution in [0.1, 0.15) is 45.6 Å². The van der Waals surface area contributed by atoms with Gasteiger partial charge in [0, 0.05) is 4.75 Å². The highest BCUT2D eigenvalue weighted by molar-refractivity contribution is 9.10. The van der Waals surface area contributed by atoms with E-state index in [9.17, 15) is 9.59 Å². The molecule has 0 aliphatic carbocycles. The van der Waals surface area contributed by atoms with Gasteiger partial charge in [0.15, 0.2) is 0 Å². The zero-order valence-electron chi connectivity index (χ0n) is 17.3. The number of fused-ring (bicyclic) bond motifs is 1. The Labute approximate surface area is 195 Å². The van der Waals surface area contributed by atoms with Gasteiger partial charge in [-0.2, -0.15) is 0 Å². The third kappa shape index (κ3) is 4.63. The number of esters is 1. The van der Waals surface area contributed by atoms with Crippen LogP contribution in [0.5, 0.6) is 0 Å². The summed E-state index contributed by atoms with van der Waals surface area (Å²) >= 11 is 11.3. The number of β-lactam (4-membered cyclic amide) rings is 1. The van der Waals surface area contributed by atoms with E-state index in [-0.39, 0.29) is 23.1 Å². The Hall–Kier alpha value is -1.31. The lowest BCUT2D eigenvalue weighted by molar-refractivity contribution is -0.164. The van der Waals surface area contributed by atoms with Crippen molar-refractivity contribution in [2.75, 3.05) is 0 Å². The average Bonchev–Trinajstić information content (AvgIpc) is 2.99. The minimum atomic E-state index is -1.16. The second kappa shape index (κ2) is 9.45. The summed E-state index contributed by atoms with van der Waals surface area (Å²) in [6, 6.07) is 8.81. The summed E-state index contributed by atoms with van der Waals surface area (Å²) in [7, 11) is 0. The molecular weight excluding hydrogens is 488 g/mol. The smallest absolute Gasteiger partial charge is 0.330 e. The van der Waals surface area contributed by atoms with Crippen LogP contribution in [0.15, 0.2) is 47.5 Å². The van der Waals surface area contributed by atoms with Crippen molar-refractivity contribution < 1.29 is 14.3 Å². The van der Waals surface area contributed by atoms with E-state index in [1.807, 2.05) is 50.3 Å². The molecule has 0 radical (unpaired) electrons. The number of ether oxygens (including phenoxy) is 1. The maximum atomic E-state index is 13.0. The van der Waals surface area contributed by atoms with Crippen LogP contribution in [0.25, 0.3) is 0 Å². The fourth-order valence-corrected chi connectivity index (χ4v) is 6.37. The van der Waals surface area contributed by atoms with Crippen molar-refractivity contribution in [2.45, 2.75) is 67.3 Å². The van der Waals surface area contributed by atoms with Crippen molar-refractivity contribution in [3.8, 4) is 0 Å². The quantitative estimate of drug-likeness (QED) is 0.119. The Morgan fingerprint density at radius 3 is 2.73 bits per heavy atom. The van der Waals surface area contributed by atoms with E-state index in [2.05, 4.69) is 27.8 Å². The summed E-state index contributed by atoms with van der Waals surface area (Å²) in [6.07, 6.45) is 6.78. The Morgan fingerprint density at radius 1 is 1.37 bits per heavy atom. The van der Waals surface area contributed by atoms with E-state index >= 15 is 0 Å². The van der Waals surface area contributed by atoms with Crippen LogP contribution in [-0.4, -0.2) is 42.6 Å². The summed E-state index contributed by atoms with van der Waals surface area (Å²) in [5.41, 5.74) is 0.905. The minimum Gasteiger partial charge on any atom is -0.459 e. The number of halogens is 2. The van der Waals surface area contributed by atoms with Crippen molar-refractivity contribution in [1.82, 2.24) is 4.90 Å². The van der Waals surface area contributed by atoms with Crippen molar-refractivity contribution in [1.29, 1.82) is 0 Å². The molecule has 3 atom stereocenters. The predicted octanol–water partition coefficient (Wildman–Crippen LogP) is 5.27. The van der Waals surface area contributed by atoms with Gasteiger partial charge in [-0.05, 0) is 47.8 Å². The highest BCUT2D eigenvalue weighted by Crippen LogP contribution is 2.58. The van der Waals surface area contributed by atoms with Crippen molar-refractivity contribution in [3.63, 3.8) is 0 Å². The average molecular weight is 514 g/mol. The first-order valence-electron chi connectivity index (χ1n) is 10.0. The molecular formula is C22H26BrClN2O3S. The summed E-state index contributed by atoms with van der Waals surface area (Å²) < 4.78 is 3.87. The lowest BCUT2D eigenvalue weighted by atomic mass is 9.96.